The predicted molar refractivity (Wildman–Crippen MR) is 107 cm³/mol. The molecule has 2 rings (SSSR count). The van der Waals surface area contributed by atoms with Crippen LogP contribution < -0.4 is 0 Å². The number of ether oxygens (including phenoxy) is 1. The minimum absolute atomic E-state index is 0.0643. The summed E-state index contributed by atoms with van der Waals surface area (Å²) in [6.07, 6.45) is 0.743. The number of hydrogen-bond donors (Lipinski definition) is 0. The van der Waals surface area contributed by atoms with Crippen molar-refractivity contribution in [1.82, 2.24) is 0 Å². The van der Waals surface area contributed by atoms with E-state index < -0.39 is 23.5 Å². The van der Waals surface area contributed by atoms with Crippen LogP contribution >= 0.6 is 11.8 Å². The number of oxime groups is 1. The molecule has 0 heterocycles. The lowest BCUT2D eigenvalue weighted by molar-refractivity contribution is -0.140. The van der Waals surface area contributed by atoms with E-state index in [0.717, 1.165) is 36.1 Å². The summed E-state index contributed by atoms with van der Waals surface area (Å²) < 4.78 is 19.5. The number of ketones is 1. The smallest absolute Gasteiger partial charge is 0.338 e. The van der Waals surface area contributed by atoms with Crippen LogP contribution in [-0.4, -0.2) is 30.0 Å². The van der Waals surface area contributed by atoms with Gasteiger partial charge in [-0.1, -0.05) is 23.8 Å². The zero-order chi connectivity index (χ0) is 21.4. The highest BCUT2D eigenvalue weighted by Crippen LogP contribution is 2.30. The lowest BCUT2D eigenvalue weighted by Crippen LogP contribution is -2.12. The first-order valence-corrected chi connectivity index (χ1v) is 9.65. The van der Waals surface area contributed by atoms with Gasteiger partial charge in [-0.25, -0.2) is 14.0 Å². The van der Waals surface area contributed by atoms with Crippen LogP contribution in [0.4, 0.5) is 4.39 Å². The molecule has 2 aromatic rings. The average Bonchev–Trinajstić information content (AvgIpc) is 2.71. The molecule has 0 aliphatic rings. The second-order valence-electron chi connectivity index (χ2n) is 6.00. The number of Topliss-reactive ketones (excluding diaryl/α,β-unsaturated/α-hetero) is 1. The Balaban J connectivity index is 2.09. The van der Waals surface area contributed by atoms with Crippen molar-refractivity contribution in [2.24, 2.45) is 5.16 Å². The number of esters is 1. The molecule has 8 heteroatoms. The van der Waals surface area contributed by atoms with Gasteiger partial charge in [-0.05, 0) is 55.8 Å². The topological polar surface area (TPSA) is 82.0 Å². The summed E-state index contributed by atoms with van der Waals surface area (Å²) in [5.74, 6) is -2.17. The van der Waals surface area contributed by atoms with Gasteiger partial charge in [0.2, 0.25) is 5.78 Å². The van der Waals surface area contributed by atoms with Gasteiger partial charge in [0, 0.05) is 22.3 Å². The molecule has 0 amide bonds. The number of halogens is 1. The second-order valence-corrected chi connectivity index (χ2v) is 7.11. The summed E-state index contributed by atoms with van der Waals surface area (Å²) in [5.41, 5.74) is 0.451. The van der Waals surface area contributed by atoms with Crippen LogP contribution in [0.5, 0.6) is 0 Å². The van der Waals surface area contributed by atoms with Gasteiger partial charge >= 0.3 is 11.9 Å². The number of carbonyl (C=O) groups excluding carboxylic acids is 3. The molecule has 0 saturated heterocycles. The van der Waals surface area contributed by atoms with Crippen molar-refractivity contribution in [2.45, 2.75) is 37.0 Å². The molecule has 2 aromatic carbocycles. The van der Waals surface area contributed by atoms with Crippen molar-refractivity contribution in [1.29, 1.82) is 0 Å². The Morgan fingerprint density at radius 1 is 1.03 bits per heavy atom. The van der Waals surface area contributed by atoms with Crippen molar-refractivity contribution in [3.8, 4) is 0 Å². The SMILES string of the molecule is CCCOC(=O)c1ccc(Sc2ccc(C(=O)/C(C)=N/OC(C)=O)cc2F)cc1. The summed E-state index contributed by atoms with van der Waals surface area (Å²) in [7, 11) is 0. The van der Waals surface area contributed by atoms with E-state index in [1.807, 2.05) is 6.92 Å². The normalized spacial score (nSPS) is 11.1. The van der Waals surface area contributed by atoms with Crippen LogP contribution in [0.1, 0.15) is 47.9 Å². The lowest BCUT2D eigenvalue weighted by Gasteiger charge is -2.07. The molecule has 0 unspecified atom stereocenters. The van der Waals surface area contributed by atoms with E-state index in [2.05, 4.69) is 9.99 Å². The minimum atomic E-state index is -0.653. The van der Waals surface area contributed by atoms with Crippen LogP contribution in [0.25, 0.3) is 0 Å². The van der Waals surface area contributed by atoms with E-state index in [0.29, 0.717) is 17.1 Å². The molecule has 29 heavy (non-hydrogen) atoms. The van der Waals surface area contributed by atoms with E-state index in [4.69, 9.17) is 4.74 Å². The van der Waals surface area contributed by atoms with Gasteiger partial charge in [-0.15, -0.1) is 0 Å². The fourth-order valence-corrected chi connectivity index (χ4v) is 2.99. The Morgan fingerprint density at radius 3 is 2.28 bits per heavy atom. The maximum Gasteiger partial charge on any atom is 0.338 e. The van der Waals surface area contributed by atoms with Crippen molar-refractivity contribution < 1.29 is 28.3 Å². The molecule has 0 atom stereocenters. The highest BCUT2D eigenvalue weighted by Gasteiger charge is 2.15. The molecule has 0 N–H and O–H groups in total. The molecule has 0 fully saturated rings. The molecular formula is C21H20FNO5S. The summed E-state index contributed by atoms with van der Waals surface area (Å²) in [4.78, 5) is 40.2. The highest BCUT2D eigenvalue weighted by atomic mass is 32.2. The lowest BCUT2D eigenvalue weighted by atomic mass is 10.1. The number of benzene rings is 2. The molecule has 0 aromatic heterocycles. The van der Waals surface area contributed by atoms with Crippen molar-refractivity contribution >= 4 is 35.2 Å². The fourth-order valence-electron chi connectivity index (χ4n) is 2.17. The largest absolute Gasteiger partial charge is 0.462 e. The summed E-state index contributed by atoms with van der Waals surface area (Å²) >= 11 is 1.16. The van der Waals surface area contributed by atoms with Crippen molar-refractivity contribution in [3.05, 3.63) is 59.4 Å². The third-order valence-electron chi connectivity index (χ3n) is 3.59. The summed E-state index contributed by atoms with van der Waals surface area (Å²) in [5, 5.41) is 3.41. The molecule has 0 spiro atoms. The Hall–Kier alpha value is -3.00. The van der Waals surface area contributed by atoms with Crippen LogP contribution in [0.2, 0.25) is 0 Å². The van der Waals surface area contributed by atoms with Crippen LogP contribution in [0.15, 0.2) is 57.4 Å². The standard InChI is InChI=1S/C21H20FNO5S/c1-4-11-27-21(26)15-5-8-17(9-6-15)29-19-10-7-16(12-18(19)22)20(25)13(2)23-28-14(3)24/h5-10,12H,4,11H2,1-3H3/b23-13+. The van der Waals surface area contributed by atoms with Gasteiger partial charge in [-0.3, -0.25) is 4.79 Å². The number of carbonyl (C=O) groups is 3. The molecule has 0 saturated carbocycles. The Bertz CT molecular complexity index is 941. The minimum Gasteiger partial charge on any atom is -0.462 e. The first-order chi connectivity index (χ1) is 13.8. The predicted octanol–water partition coefficient (Wildman–Crippen LogP) is 4.67. The monoisotopic (exact) mass is 417 g/mol. The Morgan fingerprint density at radius 2 is 1.69 bits per heavy atom. The van der Waals surface area contributed by atoms with Crippen molar-refractivity contribution in [3.63, 3.8) is 0 Å². The van der Waals surface area contributed by atoms with Gasteiger partial charge in [0.15, 0.2) is 0 Å². The number of rotatable bonds is 8. The summed E-state index contributed by atoms with van der Waals surface area (Å²) in [6, 6.07) is 10.7. The molecule has 6 nitrogen and oxygen atoms in total. The maximum atomic E-state index is 14.4. The molecule has 0 aliphatic carbocycles. The Kier molecular flexibility index (Phi) is 8.09. The molecular weight excluding hydrogens is 397 g/mol. The van der Waals surface area contributed by atoms with Crippen molar-refractivity contribution in [2.75, 3.05) is 6.61 Å². The number of hydrogen-bond acceptors (Lipinski definition) is 7. The first-order valence-electron chi connectivity index (χ1n) is 8.83. The number of nitrogens with zero attached hydrogens (tertiary/aromatic N) is 1. The molecule has 0 radical (unpaired) electrons. The molecule has 0 aliphatic heterocycles. The van der Waals surface area contributed by atoms with Gasteiger partial charge in [0.1, 0.15) is 11.5 Å². The maximum absolute atomic E-state index is 14.4. The third kappa shape index (κ3) is 6.53. The van der Waals surface area contributed by atoms with E-state index in [1.54, 1.807) is 24.3 Å². The quantitative estimate of drug-likeness (QED) is 0.204. The van der Waals surface area contributed by atoms with Crippen LogP contribution in [0, 0.1) is 5.82 Å². The zero-order valence-corrected chi connectivity index (χ0v) is 17.0. The first kappa shape index (κ1) is 22.3. The van der Waals surface area contributed by atoms with E-state index >= 15 is 0 Å². The fraction of sp³-hybridized carbons (Fsp3) is 0.238. The molecule has 152 valence electrons. The summed E-state index contributed by atoms with van der Waals surface area (Å²) in [6.45, 7) is 4.80. The van der Waals surface area contributed by atoms with E-state index in [-0.39, 0.29) is 11.3 Å². The van der Waals surface area contributed by atoms with Gasteiger partial charge in [-0.2, -0.15) is 0 Å². The average molecular weight is 417 g/mol. The third-order valence-corrected chi connectivity index (χ3v) is 4.65. The van der Waals surface area contributed by atoms with E-state index in [9.17, 15) is 18.8 Å². The second kappa shape index (κ2) is 10.5. The Labute approximate surface area is 172 Å². The van der Waals surface area contributed by atoms with Crippen LogP contribution in [0.3, 0.4) is 0 Å². The zero-order valence-electron chi connectivity index (χ0n) is 16.2. The van der Waals surface area contributed by atoms with Gasteiger partial charge in [0.25, 0.3) is 0 Å². The van der Waals surface area contributed by atoms with Gasteiger partial charge < -0.3 is 9.57 Å². The molecule has 0 bridgehead atoms. The highest BCUT2D eigenvalue weighted by molar-refractivity contribution is 7.99. The van der Waals surface area contributed by atoms with E-state index in [1.165, 1.54) is 19.1 Å². The van der Waals surface area contributed by atoms with Crippen LogP contribution in [-0.2, 0) is 14.4 Å². The van der Waals surface area contributed by atoms with Gasteiger partial charge in [0.05, 0.1) is 12.2 Å².